The first-order valence-corrected chi connectivity index (χ1v) is 9.17. The molecular formula is C18H36N4. The summed E-state index contributed by atoms with van der Waals surface area (Å²) < 4.78 is 0. The fourth-order valence-corrected chi connectivity index (χ4v) is 4.89. The molecule has 3 fully saturated rings. The van der Waals surface area contributed by atoms with E-state index in [4.69, 9.17) is 0 Å². The monoisotopic (exact) mass is 308 g/mol. The molecule has 3 heterocycles. The molecule has 4 unspecified atom stereocenters. The smallest absolute Gasteiger partial charge is 0.0514 e. The standard InChI is InChI=1S/C18H36N4/c1-15-11-17(3,4)21-10-8-20-14-22(9-7-19(15)13-21)18(5,6)12-16(20)2/h15-16H,7-14H2,1-6H3/t15-,16+. The summed E-state index contributed by atoms with van der Waals surface area (Å²) in [5.74, 6) is 0. The van der Waals surface area contributed by atoms with Gasteiger partial charge in [-0.05, 0) is 54.4 Å². The number of nitrogens with zero attached hydrogens (tertiary/aromatic N) is 4. The first-order valence-electron chi connectivity index (χ1n) is 9.17. The number of fused-ring (bicyclic) bond motifs is 4. The number of rotatable bonds is 0. The fraction of sp³-hybridized carbons (Fsp3) is 1.00. The van der Waals surface area contributed by atoms with Crippen LogP contribution in [0.3, 0.4) is 0 Å². The van der Waals surface area contributed by atoms with E-state index in [1.54, 1.807) is 0 Å². The molecular weight excluding hydrogens is 272 g/mol. The molecule has 0 spiro atoms. The molecule has 6 atom stereocenters. The molecule has 3 aliphatic rings. The molecule has 0 radical (unpaired) electrons. The molecule has 4 bridgehead atoms. The van der Waals surface area contributed by atoms with Gasteiger partial charge in [-0.3, -0.25) is 19.6 Å². The number of hydrogen-bond acceptors (Lipinski definition) is 4. The predicted molar refractivity (Wildman–Crippen MR) is 92.9 cm³/mol. The van der Waals surface area contributed by atoms with E-state index < -0.39 is 0 Å². The Bertz CT molecular complexity index is 368. The average Bonchev–Trinajstić information content (AvgIpc) is 2.39. The van der Waals surface area contributed by atoms with Crippen LogP contribution in [0.15, 0.2) is 0 Å². The predicted octanol–water partition coefficient (Wildman–Crippen LogP) is 2.26. The lowest BCUT2D eigenvalue weighted by molar-refractivity contribution is -0.0918. The summed E-state index contributed by atoms with van der Waals surface area (Å²) in [5.41, 5.74) is 0.681. The van der Waals surface area contributed by atoms with Crippen molar-refractivity contribution in [2.75, 3.05) is 39.5 Å². The second-order valence-corrected chi connectivity index (χ2v) is 9.17. The second-order valence-electron chi connectivity index (χ2n) is 9.17. The number of hydrogen-bond donors (Lipinski definition) is 0. The van der Waals surface area contributed by atoms with Gasteiger partial charge < -0.3 is 0 Å². The van der Waals surface area contributed by atoms with Crippen LogP contribution in [0.4, 0.5) is 0 Å². The summed E-state index contributed by atoms with van der Waals surface area (Å²) in [4.78, 5) is 10.8. The first-order chi connectivity index (χ1) is 10.2. The molecule has 0 aromatic carbocycles. The molecule has 0 saturated carbocycles. The van der Waals surface area contributed by atoms with Crippen LogP contribution in [0.5, 0.6) is 0 Å². The molecule has 0 aromatic rings. The van der Waals surface area contributed by atoms with E-state index in [0.29, 0.717) is 23.2 Å². The highest BCUT2D eigenvalue weighted by Crippen LogP contribution is 2.32. The molecule has 3 saturated heterocycles. The zero-order valence-electron chi connectivity index (χ0n) is 15.6. The minimum Gasteiger partial charge on any atom is -0.286 e. The fourth-order valence-electron chi connectivity index (χ4n) is 4.89. The Morgan fingerprint density at radius 1 is 0.636 bits per heavy atom. The SMILES string of the molecule is C[C@@H]1CC(C)(C)N2CCN3CN(CCN1C2)C(C)(C)C[C@@H]3C. The minimum atomic E-state index is 0.340. The summed E-state index contributed by atoms with van der Waals surface area (Å²) in [6.07, 6.45) is 2.57. The topological polar surface area (TPSA) is 13.0 Å². The maximum absolute atomic E-state index is 2.72. The highest BCUT2D eigenvalue weighted by Gasteiger charge is 2.41. The van der Waals surface area contributed by atoms with Crippen LogP contribution in [0, 0.1) is 0 Å². The Balaban J connectivity index is 1.80. The maximum Gasteiger partial charge on any atom is 0.0514 e. The van der Waals surface area contributed by atoms with Crippen LogP contribution in [-0.2, 0) is 0 Å². The van der Waals surface area contributed by atoms with E-state index in [9.17, 15) is 0 Å². The van der Waals surface area contributed by atoms with Crippen molar-refractivity contribution in [3.8, 4) is 0 Å². The van der Waals surface area contributed by atoms with E-state index >= 15 is 0 Å². The van der Waals surface area contributed by atoms with E-state index in [-0.39, 0.29) is 0 Å². The van der Waals surface area contributed by atoms with Crippen molar-refractivity contribution in [2.45, 2.75) is 77.5 Å². The van der Waals surface area contributed by atoms with Crippen molar-refractivity contribution in [3.05, 3.63) is 0 Å². The minimum absolute atomic E-state index is 0.340. The molecule has 3 aliphatic heterocycles. The third-order valence-electron chi connectivity index (χ3n) is 6.57. The lowest BCUT2D eigenvalue weighted by Gasteiger charge is -2.55. The Kier molecular flexibility index (Phi) is 4.35. The molecule has 0 aromatic heterocycles. The molecule has 0 N–H and O–H groups in total. The normalized spacial score (nSPS) is 47.7. The van der Waals surface area contributed by atoms with Crippen LogP contribution in [-0.4, -0.2) is 82.3 Å². The second kappa shape index (κ2) is 5.73. The zero-order chi connectivity index (χ0) is 16.1. The van der Waals surface area contributed by atoms with Crippen molar-refractivity contribution in [2.24, 2.45) is 0 Å². The van der Waals surface area contributed by atoms with Crippen LogP contribution in [0.2, 0.25) is 0 Å². The lowest BCUT2D eigenvalue weighted by atomic mass is 9.88. The summed E-state index contributed by atoms with van der Waals surface area (Å²) in [6, 6.07) is 1.40. The third-order valence-corrected chi connectivity index (χ3v) is 6.57. The quantitative estimate of drug-likeness (QED) is 0.680. The van der Waals surface area contributed by atoms with Gasteiger partial charge in [-0.25, -0.2) is 0 Å². The van der Waals surface area contributed by atoms with Crippen LogP contribution in [0.25, 0.3) is 0 Å². The molecule has 0 aliphatic carbocycles. The lowest BCUT2D eigenvalue weighted by Crippen LogP contribution is -2.66. The van der Waals surface area contributed by atoms with E-state index in [0.717, 1.165) is 13.3 Å². The van der Waals surface area contributed by atoms with Gasteiger partial charge in [0.25, 0.3) is 0 Å². The summed E-state index contributed by atoms with van der Waals surface area (Å²) in [7, 11) is 0. The van der Waals surface area contributed by atoms with Gasteiger partial charge in [0.2, 0.25) is 0 Å². The van der Waals surface area contributed by atoms with Crippen molar-refractivity contribution in [1.29, 1.82) is 0 Å². The molecule has 22 heavy (non-hydrogen) atoms. The van der Waals surface area contributed by atoms with Crippen molar-refractivity contribution < 1.29 is 0 Å². The molecule has 4 heteroatoms. The van der Waals surface area contributed by atoms with Gasteiger partial charge >= 0.3 is 0 Å². The van der Waals surface area contributed by atoms with E-state index in [1.165, 1.54) is 39.0 Å². The Labute approximate surface area is 137 Å². The van der Waals surface area contributed by atoms with Gasteiger partial charge in [0.1, 0.15) is 0 Å². The summed E-state index contributed by atoms with van der Waals surface area (Å²) in [5, 5.41) is 0. The van der Waals surface area contributed by atoms with Crippen molar-refractivity contribution in [3.63, 3.8) is 0 Å². The highest BCUT2D eigenvalue weighted by atomic mass is 15.4. The van der Waals surface area contributed by atoms with Crippen LogP contribution in [0.1, 0.15) is 54.4 Å². The van der Waals surface area contributed by atoms with Gasteiger partial charge in [-0.2, -0.15) is 0 Å². The van der Waals surface area contributed by atoms with Gasteiger partial charge in [-0.15, -0.1) is 0 Å². The van der Waals surface area contributed by atoms with Crippen molar-refractivity contribution in [1.82, 2.24) is 19.6 Å². The molecule has 3 rings (SSSR count). The Morgan fingerprint density at radius 3 is 1.36 bits per heavy atom. The molecule has 4 nitrogen and oxygen atoms in total. The zero-order valence-corrected chi connectivity index (χ0v) is 15.6. The van der Waals surface area contributed by atoms with Gasteiger partial charge in [-0.1, -0.05) is 0 Å². The Morgan fingerprint density at radius 2 is 1.00 bits per heavy atom. The van der Waals surface area contributed by atoms with Gasteiger partial charge in [0, 0.05) is 49.3 Å². The van der Waals surface area contributed by atoms with E-state index in [1.807, 2.05) is 0 Å². The maximum atomic E-state index is 2.72. The van der Waals surface area contributed by atoms with Gasteiger partial charge in [0.05, 0.1) is 13.3 Å². The average molecular weight is 309 g/mol. The molecule has 128 valence electrons. The highest BCUT2D eigenvalue weighted by molar-refractivity contribution is 4.96. The van der Waals surface area contributed by atoms with Crippen LogP contribution >= 0.6 is 0 Å². The summed E-state index contributed by atoms with van der Waals surface area (Å²) >= 11 is 0. The largest absolute Gasteiger partial charge is 0.286 e. The van der Waals surface area contributed by atoms with Crippen LogP contribution < -0.4 is 0 Å². The van der Waals surface area contributed by atoms with E-state index in [2.05, 4.69) is 61.1 Å². The third kappa shape index (κ3) is 3.08. The van der Waals surface area contributed by atoms with Gasteiger partial charge in [0.15, 0.2) is 0 Å². The first kappa shape index (κ1) is 16.7. The summed E-state index contributed by atoms with van der Waals surface area (Å²) in [6.45, 7) is 21.7. The molecule has 0 amide bonds. The Hall–Kier alpha value is -0.160. The van der Waals surface area contributed by atoms with Crippen molar-refractivity contribution >= 4 is 0 Å².